The number of nitrogens with zero attached hydrogens (tertiary/aromatic N) is 5. The van der Waals surface area contributed by atoms with Gasteiger partial charge in [0.2, 0.25) is 0 Å². The van der Waals surface area contributed by atoms with Crippen LogP contribution in [0.1, 0.15) is 17.0 Å². The molecule has 0 aliphatic rings. The molecule has 0 saturated heterocycles. The van der Waals surface area contributed by atoms with E-state index in [-0.39, 0.29) is 5.75 Å². The lowest BCUT2D eigenvalue weighted by atomic mass is 10.2. The summed E-state index contributed by atoms with van der Waals surface area (Å²) in [6, 6.07) is 5.93. The third-order valence-electron chi connectivity index (χ3n) is 4.29. The van der Waals surface area contributed by atoms with Gasteiger partial charge in [-0.25, -0.2) is 13.1 Å². The lowest BCUT2D eigenvalue weighted by Gasteiger charge is -2.08. The molecule has 0 unspecified atom stereocenters. The Hall–Kier alpha value is -2.42. The van der Waals surface area contributed by atoms with E-state index in [0.29, 0.717) is 13.1 Å². The molecule has 0 bridgehead atoms. The monoisotopic (exact) mass is 362 g/mol. The van der Waals surface area contributed by atoms with E-state index in [0.717, 1.165) is 33.7 Å². The zero-order valence-corrected chi connectivity index (χ0v) is 15.6. The smallest absolute Gasteiger partial charge is 0.149 e. The Morgan fingerprint density at radius 3 is 2.72 bits per heavy atom. The van der Waals surface area contributed by atoms with Crippen molar-refractivity contribution < 1.29 is 8.42 Å². The molecule has 2 aromatic heterocycles. The first-order valence-corrected chi connectivity index (χ1v) is 10.0. The van der Waals surface area contributed by atoms with Gasteiger partial charge in [0.15, 0.2) is 0 Å². The molecule has 0 aliphatic heterocycles. The van der Waals surface area contributed by atoms with E-state index >= 15 is 0 Å². The second-order valence-electron chi connectivity index (χ2n) is 6.27. The number of sulfone groups is 1. The molecule has 2 heterocycles. The number of aromatic nitrogens is 5. The van der Waals surface area contributed by atoms with Gasteiger partial charge >= 0.3 is 0 Å². The summed E-state index contributed by atoms with van der Waals surface area (Å²) in [6.07, 6.45) is 1.24. The molecule has 134 valence electrons. The molecule has 25 heavy (non-hydrogen) atoms. The van der Waals surface area contributed by atoms with Crippen molar-refractivity contribution in [2.75, 3.05) is 17.3 Å². The molecule has 1 N–H and O–H groups in total. The molecule has 3 rings (SSSR count). The number of fused-ring (bicyclic) bond motifs is 1. The molecule has 0 atom stereocenters. The van der Waals surface area contributed by atoms with Crippen LogP contribution in [0.5, 0.6) is 0 Å². The van der Waals surface area contributed by atoms with Crippen LogP contribution < -0.4 is 5.32 Å². The van der Waals surface area contributed by atoms with Crippen LogP contribution in [0.4, 0.5) is 5.69 Å². The fourth-order valence-corrected chi connectivity index (χ4v) is 3.31. The summed E-state index contributed by atoms with van der Waals surface area (Å²) in [5.74, 6) is 0.0885. The van der Waals surface area contributed by atoms with Gasteiger partial charge < -0.3 is 5.32 Å². The maximum Gasteiger partial charge on any atom is 0.149 e. The van der Waals surface area contributed by atoms with Crippen molar-refractivity contribution in [1.82, 2.24) is 24.8 Å². The predicted octanol–water partition coefficient (Wildman–Crippen LogP) is 1.44. The second-order valence-corrected chi connectivity index (χ2v) is 8.53. The van der Waals surface area contributed by atoms with Gasteiger partial charge in [-0.15, -0.1) is 5.10 Å². The number of anilines is 1. The number of nitrogens with one attached hydrogen (secondary N) is 1. The predicted molar refractivity (Wildman–Crippen MR) is 97.2 cm³/mol. The van der Waals surface area contributed by atoms with Gasteiger partial charge in [-0.3, -0.25) is 4.68 Å². The third-order valence-corrected chi connectivity index (χ3v) is 5.21. The highest BCUT2D eigenvalue weighted by Gasteiger charge is 2.13. The van der Waals surface area contributed by atoms with Crippen LogP contribution in [0, 0.1) is 13.8 Å². The molecule has 0 aliphatic carbocycles. The number of rotatable bonds is 6. The Kier molecular flexibility index (Phi) is 4.51. The fraction of sp³-hybridized carbons (Fsp3) is 0.438. The zero-order chi connectivity index (χ0) is 18.2. The first kappa shape index (κ1) is 17.4. The van der Waals surface area contributed by atoms with Gasteiger partial charge in [0.1, 0.15) is 15.4 Å². The van der Waals surface area contributed by atoms with E-state index in [2.05, 4.69) is 20.7 Å². The Morgan fingerprint density at radius 1 is 1.24 bits per heavy atom. The van der Waals surface area contributed by atoms with Crippen molar-refractivity contribution in [3.63, 3.8) is 0 Å². The largest absolute Gasteiger partial charge is 0.381 e. The normalized spacial score (nSPS) is 12.0. The van der Waals surface area contributed by atoms with Crippen molar-refractivity contribution in [1.29, 1.82) is 0 Å². The number of aryl methyl sites for hydroxylation is 3. The highest BCUT2D eigenvalue weighted by molar-refractivity contribution is 7.90. The minimum Gasteiger partial charge on any atom is -0.381 e. The van der Waals surface area contributed by atoms with Crippen LogP contribution in [0.25, 0.3) is 11.0 Å². The Balaban J connectivity index is 1.74. The van der Waals surface area contributed by atoms with Gasteiger partial charge in [-0.1, -0.05) is 5.21 Å². The maximum absolute atomic E-state index is 11.4. The van der Waals surface area contributed by atoms with E-state index in [1.165, 1.54) is 6.26 Å². The van der Waals surface area contributed by atoms with Crippen molar-refractivity contribution >= 4 is 26.6 Å². The van der Waals surface area contributed by atoms with Gasteiger partial charge in [-0.2, -0.15) is 5.10 Å². The minimum atomic E-state index is -3.01. The molecule has 0 amide bonds. The van der Waals surface area contributed by atoms with Crippen LogP contribution >= 0.6 is 0 Å². The number of hydrogen-bond donors (Lipinski definition) is 1. The minimum absolute atomic E-state index is 0.0885. The first-order valence-electron chi connectivity index (χ1n) is 7.98. The average molecular weight is 362 g/mol. The second kappa shape index (κ2) is 6.47. The molecule has 8 nitrogen and oxygen atoms in total. The molecule has 0 saturated carbocycles. The van der Waals surface area contributed by atoms with Crippen LogP contribution in [0.2, 0.25) is 0 Å². The third kappa shape index (κ3) is 3.81. The fourth-order valence-electron chi connectivity index (χ4n) is 2.80. The van der Waals surface area contributed by atoms with Gasteiger partial charge in [-0.05, 0) is 32.0 Å². The van der Waals surface area contributed by atoms with E-state index in [9.17, 15) is 8.42 Å². The average Bonchev–Trinajstić information content (AvgIpc) is 3.03. The number of benzene rings is 1. The molecule has 3 aromatic rings. The highest BCUT2D eigenvalue weighted by atomic mass is 32.2. The summed E-state index contributed by atoms with van der Waals surface area (Å²) in [5.41, 5.74) is 5.73. The van der Waals surface area contributed by atoms with E-state index < -0.39 is 9.84 Å². The van der Waals surface area contributed by atoms with Crippen LogP contribution in [0.15, 0.2) is 18.2 Å². The van der Waals surface area contributed by atoms with Crippen molar-refractivity contribution in [3.8, 4) is 0 Å². The topological polar surface area (TPSA) is 94.7 Å². The van der Waals surface area contributed by atoms with Crippen molar-refractivity contribution in [2.45, 2.75) is 26.9 Å². The lowest BCUT2D eigenvalue weighted by Crippen LogP contribution is -2.13. The maximum atomic E-state index is 11.4. The summed E-state index contributed by atoms with van der Waals surface area (Å²) < 4.78 is 26.2. The summed E-state index contributed by atoms with van der Waals surface area (Å²) >= 11 is 0. The molecule has 0 radical (unpaired) electrons. The standard InChI is InChI=1S/C16H22N6O2S/c1-11-14(12(2)22(19-11)7-8-25(4,23)24)10-17-13-5-6-16-15(9-13)18-20-21(16)3/h5-6,9,17H,7-8,10H2,1-4H3. The summed E-state index contributed by atoms with van der Waals surface area (Å²) in [7, 11) is -1.15. The molecule has 0 spiro atoms. The van der Waals surface area contributed by atoms with Crippen molar-refractivity contribution in [2.24, 2.45) is 7.05 Å². The van der Waals surface area contributed by atoms with Crippen LogP contribution in [-0.4, -0.2) is 45.2 Å². The first-order chi connectivity index (χ1) is 11.7. The van der Waals surface area contributed by atoms with Gasteiger partial charge in [0.05, 0.1) is 23.5 Å². The van der Waals surface area contributed by atoms with E-state index in [1.807, 2.05) is 39.1 Å². The van der Waals surface area contributed by atoms with Crippen LogP contribution in [-0.2, 0) is 30.0 Å². The molecule has 1 aromatic carbocycles. The Bertz CT molecular complexity index is 1020. The number of hydrogen-bond acceptors (Lipinski definition) is 6. The SMILES string of the molecule is Cc1nn(CCS(C)(=O)=O)c(C)c1CNc1ccc2c(c1)nnn2C. The molecular formula is C16H22N6O2S. The quantitative estimate of drug-likeness (QED) is 0.713. The summed E-state index contributed by atoms with van der Waals surface area (Å²) in [4.78, 5) is 0. The Labute approximate surface area is 146 Å². The summed E-state index contributed by atoms with van der Waals surface area (Å²) in [5, 5.41) is 16.0. The lowest BCUT2D eigenvalue weighted by molar-refractivity contribution is 0.581. The Morgan fingerprint density at radius 2 is 2.00 bits per heavy atom. The van der Waals surface area contributed by atoms with E-state index in [1.54, 1.807) is 9.36 Å². The van der Waals surface area contributed by atoms with E-state index in [4.69, 9.17) is 0 Å². The molecular weight excluding hydrogens is 340 g/mol. The highest BCUT2D eigenvalue weighted by Crippen LogP contribution is 2.19. The molecule has 0 fully saturated rings. The van der Waals surface area contributed by atoms with Gasteiger partial charge in [0, 0.05) is 36.8 Å². The zero-order valence-electron chi connectivity index (χ0n) is 14.8. The van der Waals surface area contributed by atoms with Crippen LogP contribution in [0.3, 0.4) is 0 Å². The summed E-state index contributed by atoms with van der Waals surface area (Å²) in [6.45, 7) is 4.89. The molecule has 9 heteroatoms. The van der Waals surface area contributed by atoms with Gasteiger partial charge in [0.25, 0.3) is 0 Å². The van der Waals surface area contributed by atoms with Crippen molar-refractivity contribution in [3.05, 3.63) is 35.2 Å².